The highest BCUT2D eigenvalue weighted by molar-refractivity contribution is 5.41. The molecule has 0 unspecified atom stereocenters. The summed E-state index contributed by atoms with van der Waals surface area (Å²) < 4.78 is 0. The minimum atomic E-state index is 0.836. The van der Waals surface area contributed by atoms with E-state index in [0.29, 0.717) is 0 Å². The van der Waals surface area contributed by atoms with Crippen LogP contribution in [0.2, 0.25) is 0 Å². The van der Waals surface area contributed by atoms with Crippen LogP contribution in [0.4, 0.5) is 0 Å². The number of rotatable bonds is 0. The Hall–Kier alpha value is -1.29. The number of nitrogens with zero attached hydrogens (tertiary/aromatic N) is 1. The van der Waals surface area contributed by atoms with Crippen molar-refractivity contribution in [3.8, 4) is 6.07 Å². The van der Waals surface area contributed by atoms with Gasteiger partial charge in [-0.15, -0.1) is 0 Å². The van der Waals surface area contributed by atoms with Crippen molar-refractivity contribution in [2.75, 3.05) is 0 Å². The lowest BCUT2D eigenvalue weighted by Crippen LogP contribution is -1.90. The lowest BCUT2D eigenvalue weighted by Gasteiger charge is -2.01. The van der Waals surface area contributed by atoms with Gasteiger partial charge in [0, 0.05) is 0 Å². The summed E-state index contributed by atoms with van der Waals surface area (Å²) in [6, 6.07) is 7.96. The molecule has 2 aliphatic carbocycles. The maximum atomic E-state index is 8.32. The van der Waals surface area contributed by atoms with Crippen LogP contribution < -0.4 is 0 Å². The van der Waals surface area contributed by atoms with Gasteiger partial charge in [0.15, 0.2) is 0 Å². The van der Waals surface area contributed by atoms with Gasteiger partial charge in [-0.3, -0.25) is 0 Å². The molecule has 0 atom stereocenters. The number of hydrogen-bond donors (Lipinski definition) is 0. The highest BCUT2D eigenvalue weighted by Gasteiger charge is 2.02. The van der Waals surface area contributed by atoms with Gasteiger partial charge in [0.05, 0.1) is 11.6 Å². The molecule has 2 aliphatic rings. The summed E-state index contributed by atoms with van der Waals surface area (Å²) in [5.74, 6) is 0. The van der Waals surface area contributed by atoms with Crippen molar-refractivity contribution in [3.63, 3.8) is 0 Å². The van der Waals surface area contributed by atoms with Crippen molar-refractivity contribution >= 4 is 0 Å². The fourth-order valence-electron chi connectivity index (χ4n) is 0.882. The van der Waals surface area contributed by atoms with Crippen LogP contribution in [0.25, 0.3) is 0 Å². The first-order chi connectivity index (χ1) is 3.92. The van der Waals surface area contributed by atoms with Crippen LogP contribution in [-0.2, 0) is 0 Å². The molecule has 0 aromatic rings. The fraction of sp³-hybridized carbons (Fsp3) is 0. The summed E-state index contributed by atoms with van der Waals surface area (Å²) in [6.45, 7) is 0. The van der Waals surface area contributed by atoms with Crippen molar-refractivity contribution in [2.24, 2.45) is 0 Å². The molecular weight excluding hydrogens is 98.1 g/mol. The summed E-state index contributed by atoms with van der Waals surface area (Å²) in [5.41, 5.74) is 0.836. The van der Waals surface area contributed by atoms with Gasteiger partial charge < -0.3 is 0 Å². The first-order valence-electron chi connectivity index (χ1n) is 2.46. The maximum absolute atomic E-state index is 8.32. The van der Waals surface area contributed by atoms with Gasteiger partial charge in [0.2, 0.25) is 0 Å². The van der Waals surface area contributed by atoms with Crippen LogP contribution in [0.3, 0.4) is 0 Å². The third-order valence-electron chi connectivity index (χ3n) is 1.45. The number of benzene rings is 1. The van der Waals surface area contributed by atoms with E-state index in [2.05, 4.69) is 6.07 Å². The molecular formula is C7H3N. The molecule has 36 valence electrons. The van der Waals surface area contributed by atoms with Crippen LogP contribution in [0, 0.1) is 21.8 Å². The molecule has 1 nitrogen and oxygen atoms in total. The highest BCUT2D eigenvalue weighted by Crippen LogP contribution is 2.13. The maximum Gasteiger partial charge on any atom is 0.0998 e. The van der Waals surface area contributed by atoms with Gasteiger partial charge in [-0.05, 0) is 16.5 Å². The Morgan fingerprint density at radius 3 is 2.38 bits per heavy atom. The van der Waals surface area contributed by atoms with Crippen molar-refractivity contribution in [1.82, 2.24) is 0 Å². The molecule has 2 rings (SSSR count). The molecule has 0 amide bonds. The molecule has 0 bridgehead atoms. The quantitative estimate of drug-likeness (QED) is 0.488. The predicted molar refractivity (Wildman–Crippen MR) is 28.8 cm³/mol. The zero-order valence-electron chi connectivity index (χ0n) is 4.18. The molecule has 0 radical (unpaired) electrons. The van der Waals surface area contributed by atoms with Gasteiger partial charge >= 0.3 is 0 Å². The van der Waals surface area contributed by atoms with Crippen LogP contribution >= 0.6 is 0 Å². The van der Waals surface area contributed by atoms with Crippen LogP contribution in [-0.4, -0.2) is 0 Å². The molecule has 8 heavy (non-hydrogen) atoms. The van der Waals surface area contributed by atoms with E-state index in [9.17, 15) is 0 Å². The van der Waals surface area contributed by atoms with Crippen molar-refractivity contribution in [2.45, 2.75) is 0 Å². The minimum absolute atomic E-state index is 0.836. The molecule has 0 aromatic carbocycles. The summed E-state index contributed by atoms with van der Waals surface area (Å²) >= 11 is 0. The average molecular weight is 101 g/mol. The molecule has 0 saturated heterocycles. The fourth-order valence-corrected chi connectivity index (χ4v) is 0.882. The third kappa shape index (κ3) is 0.207. The molecule has 0 aliphatic heterocycles. The van der Waals surface area contributed by atoms with Crippen LogP contribution in [0.1, 0.15) is 5.56 Å². The molecule has 1 heteroatoms. The van der Waals surface area contributed by atoms with E-state index in [0.717, 1.165) is 10.8 Å². The monoisotopic (exact) mass is 101 g/mol. The second-order valence-corrected chi connectivity index (χ2v) is 1.87. The lowest BCUT2D eigenvalue weighted by atomic mass is 10.0. The van der Waals surface area contributed by atoms with Crippen molar-refractivity contribution in [1.29, 1.82) is 5.26 Å². The molecule has 0 N–H and O–H groups in total. The van der Waals surface area contributed by atoms with E-state index >= 15 is 0 Å². The van der Waals surface area contributed by atoms with Gasteiger partial charge in [0.25, 0.3) is 0 Å². The summed E-state index contributed by atoms with van der Waals surface area (Å²) in [7, 11) is 0. The van der Waals surface area contributed by atoms with Crippen LogP contribution in [0.5, 0.6) is 0 Å². The zero-order chi connectivity index (χ0) is 5.56. The number of nitriles is 1. The SMILES string of the molecule is N#Cc1cc2ccc1=2. The molecule has 0 heterocycles. The summed E-state index contributed by atoms with van der Waals surface area (Å²) in [6.07, 6.45) is 0. The third-order valence-corrected chi connectivity index (χ3v) is 1.45. The first kappa shape index (κ1) is 3.68. The van der Waals surface area contributed by atoms with Gasteiger partial charge in [-0.1, -0.05) is 12.1 Å². The topological polar surface area (TPSA) is 23.8 Å². The van der Waals surface area contributed by atoms with Crippen molar-refractivity contribution < 1.29 is 0 Å². The molecule has 0 spiro atoms. The first-order valence-corrected chi connectivity index (χ1v) is 2.46. The van der Waals surface area contributed by atoms with E-state index in [1.807, 2.05) is 18.2 Å². The minimum Gasteiger partial charge on any atom is -0.192 e. The highest BCUT2D eigenvalue weighted by atomic mass is 14.2. The van der Waals surface area contributed by atoms with E-state index < -0.39 is 0 Å². The second kappa shape index (κ2) is 0.924. The Bertz CT molecular complexity index is 357. The second-order valence-electron chi connectivity index (χ2n) is 1.87. The Morgan fingerprint density at radius 2 is 2.25 bits per heavy atom. The van der Waals surface area contributed by atoms with E-state index in [4.69, 9.17) is 5.26 Å². The van der Waals surface area contributed by atoms with Gasteiger partial charge in [-0.25, -0.2) is 0 Å². The smallest absolute Gasteiger partial charge is 0.0998 e. The standard InChI is InChI=1S/C7H3N/c8-4-6-3-5-1-2-7(5)6/h1-3H. The average Bonchev–Trinajstić information content (AvgIpc) is 1.76. The normalized spacial score (nSPS) is 10.4. The largest absolute Gasteiger partial charge is 0.192 e. The Labute approximate surface area is 46.5 Å². The lowest BCUT2D eigenvalue weighted by molar-refractivity contribution is 1.32. The molecule has 0 aromatic heterocycles. The molecule has 0 fully saturated rings. The molecule has 0 saturated carbocycles. The van der Waals surface area contributed by atoms with Gasteiger partial charge in [-0.2, -0.15) is 5.26 Å². The Kier molecular flexibility index (Phi) is 0.425. The zero-order valence-corrected chi connectivity index (χ0v) is 4.18. The van der Waals surface area contributed by atoms with Crippen LogP contribution in [0.15, 0.2) is 18.2 Å². The summed E-state index contributed by atoms with van der Waals surface area (Å²) in [5, 5.41) is 10.7. The van der Waals surface area contributed by atoms with Crippen molar-refractivity contribution in [3.05, 3.63) is 34.2 Å². The summed E-state index contributed by atoms with van der Waals surface area (Å²) in [4.78, 5) is 0. The Morgan fingerprint density at radius 1 is 1.38 bits per heavy atom. The van der Waals surface area contributed by atoms with E-state index in [1.165, 1.54) is 5.22 Å². The predicted octanol–water partition coefficient (Wildman–Crippen LogP) is 1.16. The van der Waals surface area contributed by atoms with E-state index in [1.54, 1.807) is 0 Å². The van der Waals surface area contributed by atoms with E-state index in [-0.39, 0.29) is 0 Å². The number of hydrogen-bond acceptors (Lipinski definition) is 1. The Balaban J connectivity index is 2.85. The van der Waals surface area contributed by atoms with Gasteiger partial charge in [0.1, 0.15) is 0 Å².